The molecular weight excluding hydrogens is 229 g/mol. The summed E-state index contributed by atoms with van der Waals surface area (Å²) < 4.78 is 0.837. The lowest BCUT2D eigenvalue weighted by molar-refractivity contribution is 1.46. The molecule has 0 saturated heterocycles. The number of hydrogen-bond acceptors (Lipinski definition) is 1. The van der Waals surface area contributed by atoms with Crippen LogP contribution >= 0.6 is 27.5 Å². The van der Waals surface area contributed by atoms with Gasteiger partial charge in [-0.15, -0.1) is 0 Å². The zero-order chi connectivity index (χ0) is 8.27. The lowest BCUT2D eigenvalue weighted by Crippen LogP contribution is -1.66. The van der Waals surface area contributed by atoms with Crippen LogP contribution in [-0.4, -0.2) is 0 Å². The van der Waals surface area contributed by atoms with Crippen LogP contribution in [0.2, 0.25) is 5.02 Å². The first-order chi connectivity index (χ1) is 5.24. The molecule has 1 rings (SSSR count). The first-order valence-electron chi connectivity index (χ1n) is 2.74. The molecule has 0 atom stereocenters. The van der Waals surface area contributed by atoms with Crippen molar-refractivity contribution in [3.63, 3.8) is 0 Å². The van der Waals surface area contributed by atoms with E-state index in [1.807, 2.05) is 0 Å². The van der Waals surface area contributed by atoms with Crippen LogP contribution in [-0.2, 0) is 0 Å². The fraction of sp³-hybridized carbons (Fsp3) is 0. The van der Waals surface area contributed by atoms with Gasteiger partial charge in [0.2, 0.25) is 0 Å². The van der Waals surface area contributed by atoms with E-state index in [9.17, 15) is 0 Å². The second kappa shape index (κ2) is 3.62. The van der Waals surface area contributed by atoms with Gasteiger partial charge in [-0.25, -0.2) is 0 Å². The van der Waals surface area contributed by atoms with Gasteiger partial charge in [0.25, 0.3) is 0 Å². The van der Waals surface area contributed by atoms with Crippen molar-refractivity contribution >= 4 is 33.2 Å². The molecule has 1 aromatic rings. The van der Waals surface area contributed by atoms with Crippen molar-refractivity contribution < 1.29 is 0 Å². The maximum Gasteiger partial charge on any atom is 0.0572 e. The Morgan fingerprint density at radius 3 is 2.91 bits per heavy atom. The van der Waals surface area contributed by atoms with Crippen molar-refractivity contribution in [1.29, 1.82) is 0 Å². The third kappa shape index (κ3) is 2.12. The third-order valence-electron chi connectivity index (χ3n) is 1.06. The summed E-state index contributed by atoms with van der Waals surface area (Å²) in [5, 5.41) is 3.84. The summed E-state index contributed by atoms with van der Waals surface area (Å²) in [6.07, 6.45) is 0. The Kier molecular flexibility index (Phi) is 2.76. The van der Waals surface area contributed by atoms with Crippen molar-refractivity contribution in [2.45, 2.75) is 0 Å². The van der Waals surface area contributed by atoms with Crippen LogP contribution in [0.25, 0.3) is 10.4 Å². The predicted octanol–water partition coefficient (Wildman–Crippen LogP) is 4.04. The van der Waals surface area contributed by atoms with Gasteiger partial charge in [0, 0.05) is 9.38 Å². The molecule has 0 unspecified atom stereocenters. The van der Waals surface area contributed by atoms with Gasteiger partial charge in [0.1, 0.15) is 0 Å². The highest BCUT2D eigenvalue weighted by Gasteiger charge is 1.96. The minimum atomic E-state index is 0.434. The number of hydrogen-bond donors (Lipinski definition) is 0. The standard InChI is InChI=1S/C6H3BrClN3/c7-4-1-2-5(8)6(3-4)10-11-9/h1-3H. The number of benzene rings is 1. The molecule has 0 aliphatic rings. The van der Waals surface area contributed by atoms with E-state index in [1.54, 1.807) is 18.2 Å². The first-order valence-corrected chi connectivity index (χ1v) is 3.91. The van der Waals surface area contributed by atoms with Gasteiger partial charge in [0.05, 0.1) is 10.7 Å². The smallest absolute Gasteiger partial charge is 0.0572 e. The molecule has 0 radical (unpaired) electrons. The maximum atomic E-state index is 8.12. The molecule has 0 N–H and O–H groups in total. The van der Waals surface area contributed by atoms with E-state index in [2.05, 4.69) is 26.0 Å². The van der Waals surface area contributed by atoms with Crippen LogP contribution in [0, 0.1) is 0 Å². The van der Waals surface area contributed by atoms with E-state index in [0.717, 1.165) is 4.47 Å². The van der Waals surface area contributed by atoms with Crippen molar-refractivity contribution in [3.05, 3.63) is 38.1 Å². The van der Waals surface area contributed by atoms with Gasteiger partial charge in [-0.2, -0.15) is 0 Å². The van der Waals surface area contributed by atoms with Gasteiger partial charge in [-0.05, 0) is 23.7 Å². The number of azide groups is 1. The number of nitrogens with zero attached hydrogens (tertiary/aromatic N) is 3. The molecule has 0 aliphatic carbocycles. The molecule has 0 saturated carbocycles. The average Bonchev–Trinajstić information content (AvgIpc) is 1.98. The second-order valence-corrected chi connectivity index (χ2v) is 3.11. The molecule has 3 nitrogen and oxygen atoms in total. The molecule has 5 heteroatoms. The van der Waals surface area contributed by atoms with E-state index in [4.69, 9.17) is 17.1 Å². The molecule has 0 aromatic heterocycles. The summed E-state index contributed by atoms with van der Waals surface area (Å²) >= 11 is 8.91. The summed E-state index contributed by atoms with van der Waals surface area (Å²) in [6, 6.07) is 5.09. The van der Waals surface area contributed by atoms with Crippen LogP contribution in [0.5, 0.6) is 0 Å². The van der Waals surface area contributed by atoms with Crippen LogP contribution < -0.4 is 0 Å². The Balaban J connectivity index is 3.22. The monoisotopic (exact) mass is 231 g/mol. The van der Waals surface area contributed by atoms with Gasteiger partial charge < -0.3 is 0 Å². The van der Waals surface area contributed by atoms with Crippen LogP contribution in [0.4, 0.5) is 5.69 Å². The highest BCUT2D eigenvalue weighted by atomic mass is 79.9. The highest BCUT2D eigenvalue weighted by Crippen LogP contribution is 2.27. The largest absolute Gasteiger partial charge is 0.0838 e. The van der Waals surface area contributed by atoms with Crippen LogP contribution in [0.15, 0.2) is 27.8 Å². The summed E-state index contributed by atoms with van der Waals surface area (Å²) in [6.45, 7) is 0. The molecule has 0 amide bonds. The molecule has 56 valence electrons. The van der Waals surface area contributed by atoms with E-state index < -0.39 is 0 Å². The first kappa shape index (κ1) is 8.40. The SMILES string of the molecule is [N-]=[N+]=Nc1cc(Br)ccc1Cl. The normalized spacial score (nSPS) is 8.91. The van der Waals surface area contributed by atoms with Crippen molar-refractivity contribution in [2.24, 2.45) is 5.11 Å². The molecule has 1 aromatic carbocycles. The summed E-state index contributed by atoms with van der Waals surface area (Å²) in [5.74, 6) is 0. The zero-order valence-electron chi connectivity index (χ0n) is 5.33. The molecule has 11 heavy (non-hydrogen) atoms. The van der Waals surface area contributed by atoms with Crippen LogP contribution in [0.1, 0.15) is 0 Å². The van der Waals surface area contributed by atoms with Gasteiger partial charge in [0.15, 0.2) is 0 Å². The number of halogens is 2. The van der Waals surface area contributed by atoms with Crippen molar-refractivity contribution in [2.75, 3.05) is 0 Å². The van der Waals surface area contributed by atoms with Gasteiger partial charge in [-0.3, -0.25) is 0 Å². The lowest BCUT2D eigenvalue weighted by atomic mass is 10.3. The molecule has 0 bridgehead atoms. The summed E-state index contributed by atoms with van der Waals surface area (Å²) in [5.41, 5.74) is 8.55. The van der Waals surface area contributed by atoms with E-state index in [-0.39, 0.29) is 0 Å². The Morgan fingerprint density at radius 1 is 1.55 bits per heavy atom. The highest BCUT2D eigenvalue weighted by molar-refractivity contribution is 9.10. The third-order valence-corrected chi connectivity index (χ3v) is 1.87. The zero-order valence-corrected chi connectivity index (χ0v) is 7.67. The van der Waals surface area contributed by atoms with E-state index in [1.165, 1.54) is 0 Å². The predicted molar refractivity (Wildman–Crippen MR) is 48.0 cm³/mol. The average molecular weight is 232 g/mol. The Morgan fingerprint density at radius 2 is 2.27 bits per heavy atom. The lowest BCUT2D eigenvalue weighted by Gasteiger charge is -1.95. The van der Waals surface area contributed by atoms with Crippen LogP contribution in [0.3, 0.4) is 0 Å². The van der Waals surface area contributed by atoms with Gasteiger partial charge in [-0.1, -0.05) is 32.6 Å². The fourth-order valence-corrected chi connectivity index (χ4v) is 1.11. The summed E-state index contributed by atoms with van der Waals surface area (Å²) in [7, 11) is 0. The Bertz CT molecular complexity index is 320. The van der Waals surface area contributed by atoms with Crippen molar-refractivity contribution in [3.8, 4) is 0 Å². The fourth-order valence-electron chi connectivity index (χ4n) is 0.611. The van der Waals surface area contributed by atoms with Crippen molar-refractivity contribution in [1.82, 2.24) is 0 Å². The van der Waals surface area contributed by atoms with Gasteiger partial charge >= 0.3 is 0 Å². The topological polar surface area (TPSA) is 48.8 Å². The number of rotatable bonds is 1. The molecule has 0 spiro atoms. The minimum Gasteiger partial charge on any atom is -0.0838 e. The summed E-state index contributed by atoms with van der Waals surface area (Å²) in [4.78, 5) is 2.63. The molecule has 0 fully saturated rings. The molecule has 0 aliphatic heterocycles. The Labute approximate surface area is 76.7 Å². The second-order valence-electron chi connectivity index (χ2n) is 1.79. The van der Waals surface area contributed by atoms with E-state index in [0.29, 0.717) is 10.7 Å². The Hall–Kier alpha value is -0.700. The quantitative estimate of drug-likeness (QED) is 0.398. The molecule has 0 heterocycles. The molecular formula is C6H3BrClN3. The maximum absolute atomic E-state index is 8.12. The van der Waals surface area contributed by atoms with E-state index >= 15 is 0 Å². The minimum absolute atomic E-state index is 0.434.